The van der Waals surface area contributed by atoms with Gasteiger partial charge < -0.3 is 14.2 Å². The van der Waals surface area contributed by atoms with E-state index < -0.39 is 11.4 Å². The maximum atomic E-state index is 12.1. The van der Waals surface area contributed by atoms with E-state index in [1.165, 1.54) is 0 Å². The molecule has 1 saturated carbocycles. The molecule has 2 bridgehead atoms. The van der Waals surface area contributed by atoms with Crippen LogP contribution in [0.2, 0.25) is 5.02 Å². The van der Waals surface area contributed by atoms with E-state index in [4.69, 9.17) is 21.3 Å². The molecule has 0 amide bonds. The van der Waals surface area contributed by atoms with Gasteiger partial charge in [0.15, 0.2) is 11.6 Å². The van der Waals surface area contributed by atoms with Crippen molar-refractivity contribution in [1.29, 1.82) is 0 Å². The van der Waals surface area contributed by atoms with Gasteiger partial charge in [0.05, 0.1) is 35.2 Å². The van der Waals surface area contributed by atoms with Crippen LogP contribution in [0.5, 0.6) is 11.5 Å². The molecule has 1 unspecified atom stereocenters. The molecule has 0 radical (unpaired) electrons. The maximum absolute atomic E-state index is 12.1. The van der Waals surface area contributed by atoms with Gasteiger partial charge in [-0.1, -0.05) is 11.6 Å². The van der Waals surface area contributed by atoms with Crippen LogP contribution in [-0.2, 0) is 16.8 Å². The van der Waals surface area contributed by atoms with Crippen LogP contribution in [0.1, 0.15) is 31.4 Å². The summed E-state index contributed by atoms with van der Waals surface area (Å²) in [5, 5.41) is 0.679. The van der Waals surface area contributed by atoms with E-state index in [1.807, 2.05) is 24.3 Å². The first-order valence-electron chi connectivity index (χ1n) is 9.28. The van der Waals surface area contributed by atoms with Crippen molar-refractivity contribution in [2.24, 2.45) is 4.40 Å². The van der Waals surface area contributed by atoms with Crippen molar-refractivity contribution >= 4 is 28.8 Å². The Hall–Kier alpha value is -1.76. The molecule has 6 rings (SSSR count). The summed E-state index contributed by atoms with van der Waals surface area (Å²) in [4.78, 5) is 7.13. The van der Waals surface area contributed by atoms with Gasteiger partial charge in [-0.2, -0.15) is 0 Å². The van der Waals surface area contributed by atoms with Crippen LogP contribution in [0.25, 0.3) is 0 Å². The van der Waals surface area contributed by atoms with Crippen LogP contribution >= 0.6 is 11.6 Å². The zero-order chi connectivity index (χ0) is 18.4. The average molecular weight is 402 g/mol. The Labute approximate surface area is 166 Å². The first-order valence-corrected chi connectivity index (χ1v) is 10.9. The topological polar surface area (TPSA) is 60.8 Å². The number of aromatic nitrogens is 1. The van der Waals surface area contributed by atoms with E-state index >= 15 is 0 Å². The predicted octanol–water partition coefficient (Wildman–Crippen LogP) is 4.10. The second-order valence-corrected chi connectivity index (χ2v) is 9.05. The lowest BCUT2D eigenvalue weighted by Gasteiger charge is -2.54. The summed E-state index contributed by atoms with van der Waals surface area (Å²) in [6.45, 7) is 0.843. The fourth-order valence-electron chi connectivity index (χ4n) is 4.56. The number of pyridine rings is 1. The third kappa shape index (κ3) is 3.00. The smallest absolute Gasteiger partial charge is 0.168 e. The third-order valence-corrected chi connectivity index (χ3v) is 7.08. The number of hydrogen-bond acceptors (Lipinski definition) is 5. The van der Waals surface area contributed by atoms with Crippen LogP contribution in [0.3, 0.4) is 0 Å². The molecular weight excluding hydrogens is 382 g/mol. The minimum Gasteiger partial charge on any atom is -0.591 e. The van der Waals surface area contributed by atoms with E-state index in [9.17, 15) is 4.55 Å². The zero-order valence-corrected chi connectivity index (χ0v) is 16.4. The summed E-state index contributed by atoms with van der Waals surface area (Å²) >= 11 is 4.81. The highest BCUT2D eigenvalue weighted by Gasteiger charge is 2.54. The van der Waals surface area contributed by atoms with Crippen molar-refractivity contribution < 1.29 is 9.29 Å². The fraction of sp³-hybridized carbons (Fsp3) is 0.400. The highest BCUT2D eigenvalue weighted by atomic mass is 35.5. The van der Waals surface area contributed by atoms with Gasteiger partial charge in [-0.05, 0) is 66.5 Å². The van der Waals surface area contributed by atoms with Crippen LogP contribution in [-0.4, -0.2) is 38.6 Å². The quantitative estimate of drug-likeness (QED) is 0.726. The monoisotopic (exact) mass is 401 g/mol. The number of amidine groups is 1. The second kappa shape index (κ2) is 6.69. The van der Waals surface area contributed by atoms with Crippen LogP contribution in [0.4, 0.5) is 0 Å². The number of benzene rings is 1. The summed E-state index contributed by atoms with van der Waals surface area (Å²) in [6, 6.07) is 11.8. The summed E-state index contributed by atoms with van der Waals surface area (Å²) in [7, 11) is 0. The molecule has 7 heteroatoms. The Morgan fingerprint density at radius 1 is 1.11 bits per heavy atom. The average Bonchev–Trinajstić information content (AvgIpc) is 2.71. The Kier molecular flexibility index (Phi) is 4.30. The number of rotatable bonds is 3. The molecule has 3 aliphatic heterocycles. The minimum atomic E-state index is -1.11. The summed E-state index contributed by atoms with van der Waals surface area (Å²) in [6.07, 6.45) is 6.11. The van der Waals surface area contributed by atoms with Gasteiger partial charge in [0.1, 0.15) is 11.5 Å². The molecule has 1 aromatic heterocycles. The summed E-state index contributed by atoms with van der Waals surface area (Å²) in [5.41, 5.74) is 0.802. The first kappa shape index (κ1) is 17.3. The minimum absolute atomic E-state index is 0.205. The molecule has 4 heterocycles. The van der Waals surface area contributed by atoms with Crippen LogP contribution < -0.4 is 4.74 Å². The molecular formula is C20H20ClN3O2S. The molecule has 2 saturated heterocycles. The number of ether oxygens (including phenoxy) is 1. The number of halogens is 1. The van der Waals surface area contributed by atoms with Crippen molar-refractivity contribution in [3.05, 3.63) is 53.3 Å². The van der Waals surface area contributed by atoms with Crippen molar-refractivity contribution in [1.82, 2.24) is 9.88 Å². The normalized spacial score (nSPS) is 29.3. The third-order valence-electron chi connectivity index (χ3n) is 5.92. The summed E-state index contributed by atoms with van der Waals surface area (Å²) < 4.78 is 22.5. The van der Waals surface area contributed by atoms with Crippen molar-refractivity contribution in [3.63, 3.8) is 0 Å². The molecule has 3 fully saturated rings. The van der Waals surface area contributed by atoms with Gasteiger partial charge in [0.25, 0.3) is 0 Å². The largest absolute Gasteiger partial charge is 0.591 e. The number of hydrogen-bond donors (Lipinski definition) is 0. The molecule has 0 spiro atoms. The fourth-order valence-corrected chi connectivity index (χ4v) is 5.60. The Morgan fingerprint density at radius 2 is 1.85 bits per heavy atom. The van der Waals surface area contributed by atoms with Gasteiger partial charge in [0, 0.05) is 11.1 Å². The Morgan fingerprint density at radius 3 is 2.56 bits per heavy atom. The molecule has 1 aliphatic carbocycles. The van der Waals surface area contributed by atoms with Gasteiger partial charge in [-0.15, -0.1) is 0 Å². The molecule has 2 aromatic rings. The predicted molar refractivity (Wildman–Crippen MR) is 107 cm³/mol. The van der Waals surface area contributed by atoms with Crippen molar-refractivity contribution in [2.75, 3.05) is 12.3 Å². The van der Waals surface area contributed by atoms with E-state index in [2.05, 4.69) is 9.30 Å². The standard InChI is InChI=1S/C20H20ClN3O2S/c21-14-1-3-16(4-2-14)26-17-5-6-18(22-13-17)20-9-7-15(8-10-20)24-11-12-27(25)23-19(20)24/h1-6,13,15H,7-12H2. The van der Waals surface area contributed by atoms with Gasteiger partial charge in [-0.25, -0.2) is 0 Å². The second-order valence-electron chi connectivity index (χ2n) is 7.38. The van der Waals surface area contributed by atoms with Crippen molar-refractivity contribution in [3.8, 4) is 11.5 Å². The molecule has 4 aliphatic rings. The van der Waals surface area contributed by atoms with Gasteiger partial charge in [-0.3, -0.25) is 4.98 Å². The molecule has 5 nitrogen and oxygen atoms in total. The highest BCUT2D eigenvalue weighted by Crippen LogP contribution is 2.48. The van der Waals surface area contributed by atoms with Gasteiger partial charge >= 0.3 is 0 Å². The SMILES string of the molecule is [O-][S+]1CCN2C(=N1)C1(c3ccc(Oc4ccc(Cl)cc4)cn3)CCC2CC1. The van der Waals surface area contributed by atoms with E-state index in [0.717, 1.165) is 49.5 Å². The molecule has 27 heavy (non-hydrogen) atoms. The molecule has 1 aromatic carbocycles. The molecule has 0 N–H and O–H groups in total. The van der Waals surface area contributed by atoms with Gasteiger partial charge in [0.2, 0.25) is 0 Å². The highest BCUT2D eigenvalue weighted by molar-refractivity contribution is 7.90. The maximum Gasteiger partial charge on any atom is 0.168 e. The van der Waals surface area contributed by atoms with E-state index in [-0.39, 0.29) is 5.41 Å². The van der Waals surface area contributed by atoms with Crippen LogP contribution in [0.15, 0.2) is 47.0 Å². The number of fused-ring (bicyclic) bond motifs is 2. The van der Waals surface area contributed by atoms with E-state index in [1.54, 1.807) is 18.3 Å². The lowest BCUT2D eigenvalue weighted by molar-refractivity contribution is 0.149. The van der Waals surface area contributed by atoms with Crippen molar-refractivity contribution in [2.45, 2.75) is 37.1 Å². The summed E-state index contributed by atoms with van der Waals surface area (Å²) in [5.74, 6) is 3.04. The van der Waals surface area contributed by atoms with E-state index in [0.29, 0.717) is 22.6 Å². The Balaban J connectivity index is 1.44. The number of nitrogens with zero attached hydrogens (tertiary/aromatic N) is 3. The molecule has 140 valence electrons. The molecule has 1 atom stereocenters. The van der Waals surface area contributed by atoms with Crippen LogP contribution in [0, 0.1) is 0 Å². The first-order chi connectivity index (χ1) is 13.1. The lowest BCUT2D eigenvalue weighted by atomic mass is 9.64. The number of piperidine rings is 2. The lowest BCUT2D eigenvalue weighted by Crippen LogP contribution is -2.63. The zero-order valence-electron chi connectivity index (χ0n) is 14.8. The Bertz CT molecular complexity index is 864.